The van der Waals surface area contributed by atoms with E-state index in [0.717, 1.165) is 36.0 Å². The van der Waals surface area contributed by atoms with Crippen LogP contribution in [0.2, 0.25) is 0 Å². The molecule has 0 aliphatic carbocycles. The summed E-state index contributed by atoms with van der Waals surface area (Å²) in [5.41, 5.74) is 3.66. The molecule has 3 rings (SSSR count). The van der Waals surface area contributed by atoms with Gasteiger partial charge in [0.2, 0.25) is 0 Å². The lowest BCUT2D eigenvalue weighted by Gasteiger charge is -2.28. The predicted molar refractivity (Wildman–Crippen MR) is 126 cm³/mol. The molecule has 2 amide bonds. The van der Waals surface area contributed by atoms with Gasteiger partial charge >= 0.3 is 6.03 Å². The van der Waals surface area contributed by atoms with Crippen molar-refractivity contribution in [2.45, 2.75) is 51.5 Å². The van der Waals surface area contributed by atoms with E-state index in [1.165, 1.54) is 6.20 Å². The number of anilines is 2. The highest BCUT2D eigenvalue weighted by molar-refractivity contribution is 7.90. The Hall–Kier alpha value is -2.72. The average Bonchev–Trinajstić information content (AvgIpc) is 2.74. The van der Waals surface area contributed by atoms with Crippen LogP contribution in [0.4, 0.5) is 16.3 Å². The van der Waals surface area contributed by atoms with Gasteiger partial charge in [0.05, 0.1) is 12.4 Å². The number of amides is 2. The Labute approximate surface area is 190 Å². The SMILES string of the molecule is Cc1cc(C(C)C)c(NC(=O)NS(=O)(=O)c2cncc(N3CCNCC3)n2)c(C(C)C)c1. The molecule has 174 valence electrons. The third-order valence-electron chi connectivity index (χ3n) is 5.37. The van der Waals surface area contributed by atoms with Gasteiger partial charge in [0, 0.05) is 31.9 Å². The summed E-state index contributed by atoms with van der Waals surface area (Å²) in [7, 11) is -4.19. The highest BCUT2D eigenvalue weighted by atomic mass is 32.2. The summed E-state index contributed by atoms with van der Waals surface area (Å²) in [5.74, 6) is 0.777. The maximum atomic E-state index is 12.9. The van der Waals surface area contributed by atoms with Crippen LogP contribution >= 0.6 is 0 Å². The number of aromatic nitrogens is 2. The number of carbonyl (C=O) groups is 1. The van der Waals surface area contributed by atoms with Crippen molar-refractivity contribution in [1.29, 1.82) is 0 Å². The quantitative estimate of drug-likeness (QED) is 0.607. The van der Waals surface area contributed by atoms with Gasteiger partial charge in [-0.25, -0.2) is 14.5 Å². The fourth-order valence-corrected chi connectivity index (χ4v) is 4.54. The minimum absolute atomic E-state index is 0.154. The first-order chi connectivity index (χ1) is 15.1. The highest BCUT2D eigenvalue weighted by Crippen LogP contribution is 2.33. The number of aryl methyl sites for hydroxylation is 1. The molecule has 0 unspecified atom stereocenters. The fraction of sp³-hybridized carbons (Fsp3) is 0.500. The number of urea groups is 1. The summed E-state index contributed by atoms with van der Waals surface area (Å²) < 4.78 is 27.8. The lowest BCUT2D eigenvalue weighted by atomic mass is 9.90. The van der Waals surface area contributed by atoms with Crippen molar-refractivity contribution in [3.8, 4) is 0 Å². The molecular formula is C22H32N6O3S. The van der Waals surface area contributed by atoms with Gasteiger partial charge in [-0.3, -0.25) is 4.98 Å². The maximum Gasteiger partial charge on any atom is 0.333 e. The summed E-state index contributed by atoms with van der Waals surface area (Å²) in [6.45, 7) is 13.1. The number of nitrogens with zero attached hydrogens (tertiary/aromatic N) is 3. The molecular weight excluding hydrogens is 428 g/mol. The van der Waals surface area contributed by atoms with Crippen molar-refractivity contribution in [2.24, 2.45) is 0 Å². The van der Waals surface area contributed by atoms with E-state index in [4.69, 9.17) is 0 Å². The molecule has 1 aliphatic heterocycles. The number of carbonyl (C=O) groups excluding carboxylic acids is 1. The Morgan fingerprint density at radius 3 is 2.22 bits per heavy atom. The van der Waals surface area contributed by atoms with Crippen LogP contribution in [0.15, 0.2) is 29.6 Å². The van der Waals surface area contributed by atoms with Gasteiger partial charge in [-0.2, -0.15) is 8.42 Å². The minimum atomic E-state index is -4.19. The summed E-state index contributed by atoms with van der Waals surface area (Å²) in [5, 5.41) is 5.72. The van der Waals surface area contributed by atoms with Gasteiger partial charge in [0.1, 0.15) is 5.82 Å². The molecule has 0 radical (unpaired) electrons. The Morgan fingerprint density at radius 1 is 1.06 bits per heavy atom. The molecule has 3 N–H and O–H groups in total. The van der Waals surface area contributed by atoms with E-state index in [1.807, 2.05) is 51.7 Å². The molecule has 1 aliphatic rings. The van der Waals surface area contributed by atoms with Crippen LogP contribution in [0, 0.1) is 6.92 Å². The van der Waals surface area contributed by atoms with Gasteiger partial charge in [-0.05, 0) is 29.9 Å². The van der Waals surface area contributed by atoms with E-state index in [9.17, 15) is 13.2 Å². The molecule has 0 bridgehead atoms. The largest absolute Gasteiger partial charge is 0.353 e. The zero-order chi connectivity index (χ0) is 23.5. The monoisotopic (exact) mass is 460 g/mol. The summed E-state index contributed by atoms with van der Waals surface area (Å²) in [6, 6.07) is 3.21. The number of nitrogens with one attached hydrogen (secondary N) is 3. The standard InChI is InChI=1S/C22H32N6O3S/c1-14(2)17-10-16(5)11-18(15(3)4)21(17)26-22(29)27-32(30,31)20-13-24-12-19(25-20)28-8-6-23-7-9-28/h10-15,23H,6-9H2,1-5H3,(H2,26,27,29). The number of rotatable bonds is 6. The van der Waals surface area contributed by atoms with E-state index in [1.54, 1.807) is 0 Å². The third kappa shape index (κ3) is 5.55. The second kappa shape index (κ2) is 9.83. The van der Waals surface area contributed by atoms with Crippen LogP contribution in [0.5, 0.6) is 0 Å². The van der Waals surface area contributed by atoms with E-state index in [0.29, 0.717) is 24.6 Å². The first kappa shape index (κ1) is 23.9. The van der Waals surface area contributed by atoms with E-state index >= 15 is 0 Å². The molecule has 2 heterocycles. The second-order valence-electron chi connectivity index (χ2n) is 8.64. The Kier molecular flexibility index (Phi) is 7.35. The smallest absolute Gasteiger partial charge is 0.333 e. The van der Waals surface area contributed by atoms with Crippen molar-refractivity contribution in [2.75, 3.05) is 36.4 Å². The van der Waals surface area contributed by atoms with Crippen LogP contribution in [0.1, 0.15) is 56.2 Å². The number of sulfonamides is 1. The first-order valence-electron chi connectivity index (χ1n) is 10.8. The van der Waals surface area contributed by atoms with Crippen molar-refractivity contribution >= 4 is 27.6 Å². The summed E-state index contributed by atoms with van der Waals surface area (Å²) in [6.07, 6.45) is 2.67. The molecule has 1 aromatic heterocycles. The van der Waals surface area contributed by atoms with Gasteiger partial charge in [-0.1, -0.05) is 45.4 Å². The predicted octanol–water partition coefficient (Wildman–Crippen LogP) is 2.95. The van der Waals surface area contributed by atoms with Crippen molar-refractivity contribution in [3.63, 3.8) is 0 Å². The van der Waals surface area contributed by atoms with Gasteiger partial charge in [-0.15, -0.1) is 0 Å². The number of piperazine rings is 1. The molecule has 0 atom stereocenters. The molecule has 10 heteroatoms. The highest BCUT2D eigenvalue weighted by Gasteiger charge is 2.24. The van der Waals surface area contributed by atoms with E-state index in [-0.39, 0.29) is 16.9 Å². The minimum Gasteiger partial charge on any atom is -0.353 e. The lowest BCUT2D eigenvalue weighted by Crippen LogP contribution is -2.44. The van der Waals surface area contributed by atoms with Gasteiger partial charge in [0.15, 0.2) is 5.03 Å². The van der Waals surface area contributed by atoms with Crippen LogP contribution in [0.3, 0.4) is 0 Å². The van der Waals surface area contributed by atoms with Crippen molar-refractivity contribution in [1.82, 2.24) is 20.0 Å². The normalized spacial score (nSPS) is 14.7. The molecule has 0 spiro atoms. The zero-order valence-electron chi connectivity index (χ0n) is 19.3. The lowest BCUT2D eigenvalue weighted by molar-refractivity contribution is 0.256. The Morgan fingerprint density at radius 2 is 1.66 bits per heavy atom. The average molecular weight is 461 g/mol. The fourth-order valence-electron chi connectivity index (χ4n) is 3.73. The number of benzene rings is 1. The third-order valence-corrected chi connectivity index (χ3v) is 6.57. The Balaban J connectivity index is 1.83. The van der Waals surface area contributed by atoms with Crippen LogP contribution in [-0.4, -0.2) is 50.6 Å². The number of hydrogen-bond acceptors (Lipinski definition) is 7. The van der Waals surface area contributed by atoms with E-state index in [2.05, 4.69) is 25.3 Å². The topological polar surface area (TPSA) is 116 Å². The maximum absolute atomic E-state index is 12.9. The van der Waals surface area contributed by atoms with Crippen LogP contribution in [-0.2, 0) is 10.0 Å². The molecule has 2 aromatic rings. The van der Waals surface area contributed by atoms with Crippen LogP contribution < -0.4 is 20.3 Å². The Bertz CT molecular complexity index is 1050. The first-order valence-corrected chi connectivity index (χ1v) is 12.3. The van der Waals surface area contributed by atoms with Crippen molar-refractivity contribution in [3.05, 3.63) is 41.2 Å². The summed E-state index contributed by atoms with van der Waals surface area (Å²) >= 11 is 0. The van der Waals surface area contributed by atoms with Crippen molar-refractivity contribution < 1.29 is 13.2 Å². The molecule has 1 aromatic carbocycles. The molecule has 32 heavy (non-hydrogen) atoms. The number of hydrogen-bond donors (Lipinski definition) is 3. The molecule has 1 saturated heterocycles. The summed E-state index contributed by atoms with van der Waals surface area (Å²) in [4.78, 5) is 23.0. The molecule has 9 nitrogen and oxygen atoms in total. The second-order valence-corrected chi connectivity index (χ2v) is 10.3. The zero-order valence-corrected chi connectivity index (χ0v) is 20.1. The molecule has 1 fully saturated rings. The van der Waals surface area contributed by atoms with E-state index < -0.39 is 16.1 Å². The molecule has 0 saturated carbocycles. The van der Waals surface area contributed by atoms with Crippen LogP contribution in [0.25, 0.3) is 0 Å². The van der Waals surface area contributed by atoms with Gasteiger partial charge in [0.25, 0.3) is 10.0 Å². The van der Waals surface area contributed by atoms with Gasteiger partial charge < -0.3 is 15.5 Å².